The molecule has 1 unspecified atom stereocenters. The second kappa shape index (κ2) is 4.62. The van der Waals surface area contributed by atoms with Gasteiger partial charge in [0.25, 0.3) is 0 Å². The van der Waals surface area contributed by atoms with E-state index >= 15 is 0 Å². The highest BCUT2D eigenvalue weighted by Gasteiger charge is 2.21. The van der Waals surface area contributed by atoms with Crippen molar-refractivity contribution in [3.05, 3.63) is 14.8 Å². The Morgan fingerprint density at radius 1 is 1.39 bits per heavy atom. The van der Waals surface area contributed by atoms with Crippen LogP contribution in [0.25, 0.3) is 6.20 Å². The molecule has 1 aromatic heterocycles. The van der Waals surface area contributed by atoms with Gasteiger partial charge in [-0.05, 0) is 19.3 Å². The maximum absolute atomic E-state index is 9.03. The van der Waals surface area contributed by atoms with E-state index in [0.717, 1.165) is 22.9 Å². The number of fused-ring (bicyclic) bond motifs is 2. The largest absolute Gasteiger partial charge is 0.396 e. The van der Waals surface area contributed by atoms with Gasteiger partial charge in [-0.15, -0.1) is 11.3 Å². The van der Waals surface area contributed by atoms with Gasteiger partial charge in [-0.3, -0.25) is 0 Å². The van der Waals surface area contributed by atoms with Crippen LogP contribution in [0.3, 0.4) is 0 Å². The van der Waals surface area contributed by atoms with Crippen LogP contribution in [0, 0.1) is 11.3 Å². The van der Waals surface area contributed by atoms with Crippen LogP contribution in [0.4, 0.5) is 5.69 Å². The van der Waals surface area contributed by atoms with Gasteiger partial charge in [0.15, 0.2) is 0 Å². The Labute approximate surface area is 110 Å². The van der Waals surface area contributed by atoms with Gasteiger partial charge in [0.2, 0.25) is 0 Å². The second-order valence-corrected chi connectivity index (χ2v) is 5.85. The summed E-state index contributed by atoms with van der Waals surface area (Å²) < 4.78 is 0.936. The molecule has 0 bridgehead atoms. The zero-order valence-electron chi connectivity index (χ0n) is 10.2. The first-order chi connectivity index (χ1) is 8.79. The minimum atomic E-state index is 0.252. The van der Waals surface area contributed by atoms with E-state index in [-0.39, 0.29) is 6.17 Å². The third-order valence-corrected chi connectivity index (χ3v) is 4.67. The lowest BCUT2D eigenvalue weighted by atomic mass is 10.1. The molecule has 0 amide bonds. The standard InChI is InChI=1S/C13H16N4S/c14-7-10-12(15)9-8-17-6-4-2-1-3-5-11(17)16-13(9)18-10/h8,11H,1-6,15H2. The number of hydrogen-bond donors (Lipinski definition) is 1. The van der Waals surface area contributed by atoms with Crippen LogP contribution in [0.2, 0.25) is 0 Å². The van der Waals surface area contributed by atoms with Crippen LogP contribution in [0.1, 0.15) is 37.0 Å². The summed E-state index contributed by atoms with van der Waals surface area (Å²) >= 11 is 1.42. The fraction of sp³-hybridized carbons (Fsp3) is 0.538. The molecule has 94 valence electrons. The summed E-state index contributed by atoms with van der Waals surface area (Å²) in [6, 6.07) is 2.15. The zero-order valence-corrected chi connectivity index (χ0v) is 11.0. The highest BCUT2D eigenvalue weighted by atomic mass is 32.1. The van der Waals surface area contributed by atoms with Crippen molar-refractivity contribution in [2.75, 3.05) is 12.3 Å². The van der Waals surface area contributed by atoms with Crippen molar-refractivity contribution in [1.82, 2.24) is 4.90 Å². The minimum Gasteiger partial charge on any atom is -0.396 e. The summed E-state index contributed by atoms with van der Waals surface area (Å²) in [5, 5.41) is 9.98. The van der Waals surface area contributed by atoms with Crippen LogP contribution in [-0.2, 0) is 0 Å². The Hall–Kier alpha value is -1.54. The number of hydrogen-bond acceptors (Lipinski definition) is 5. The zero-order chi connectivity index (χ0) is 12.5. The van der Waals surface area contributed by atoms with E-state index in [0.29, 0.717) is 10.6 Å². The van der Waals surface area contributed by atoms with Gasteiger partial charge in [-0.2, -0.15) is 5.26 Å². The normalized spacial score (nSPS) is 22.6. The van der Waals surface area contributed by atoms with Crippen LogP contribution < -0.4 is 15.6 Å². The van der Waals surface area contributed by atoms with Gasteiger partial charge in [0.05, 0.1) is 10.9 Å². The van der Waals surface area contributed by atoms with E-state index < -0.39 is 0 Å². The molecule has 3 heterocycles. The topological polar surface area (TPSA) is 65.4 Å². The number of rotatable bonds is 0. The number of thiophene rings is 1. The smallest absolute Gasteiger partial charge is 0.130 e. The molecule has 2 N–H and O–H groups in total. The summed E-state index contributed by atoms with van der Waals surface area (Å²) in [6.45, 7) is 1.05. The van der Waals surface area contributed by atoms with E-state index in [9.17, 15) is 0 Å². The van der Waals surface area contributed by atoms with E-state index in [2.05, 4.69) is 17.2 Å². The molecule has 1 fully saturated rings. The molecule has 1 atom stereocenters. The van der Waals surface area contributed by atoms with Crippen LogP contribution in [-0.4, -0.2) is 17.6 Å². The molecule has 0 radical (unpaired) electrons. The number of nitrogens with zero attached hydrogens (tertiary/aromatic N) is 3. The van der Waals surface area contributed by atoms with Crippen molar-refractivity contribution in [3.63, 3.8) is 0 Å². The molecule has 2 aliphatic rings. The number of anilines is 1. The molecular formula is C13H16N4S. The first kappa shape index (κ1) is 11.5. The van der Waals surface area contributed by atoms with Crippen molar-refractivity contribution in [2.45, 2.75) is 38.3 Å². The van der Waals surface area contributed by atoms with Crippen molar-refractivity contribution >= 4 is 23.2 Å². The number of nitrogen functional groups attached to an aromatic ring is 1. The quantitative estimate of drug-likeness (QED) is 0.761. The molecule has 3 rings (SSSR count). The molecule has 4 nitrogen and oxygen atoms in total. The Morgan fingerprint density at radius 2 is 2.22 bits per heavy atom. The molecule has 18 heavy (non-hydrogen) atoms. The monoisotopic (exact) mass is 260 g/mol. The lowest BCUT2D eigenvalue weighted by Crippen LogP contribution is -2.41. The van der Waals surface area contributed by atoms with Gasteiger partial charge in [0.1, 0.15) is 21.8 Å². The van der Waals surface area contributed by atoms with Gasteiger partial charge < -0.3 is 10.6 Å². The predicted molar refractivity (Wildman–Crippen MR) is 72.3 cm³/mol. The van der Waals surface area contributed by atoms with Crippen LogP contribution in [0.15, 0.2) is 4.99 Å². The average Bonchev–Trinajstić information content (AvgIpc) is 2.66. The van der Waals surface area contributed by atoms with Gasteiger partial charge in [-0.1, -0.05) is 12.8 Å². The summed E-state index contributed by atoms with van der Waals surface area (Å²) in [6.07, 6.45) is 8.53. The highest BCUT2D eigenvalue weighted by Crippen LogP contribution is 2.20. The Kier molecular flexibility index (Phi) is 2.96. The summed E-state index contributed by atoms with van der Waals surface area (Å²) in [5.74, 6) is 0. The van der Waals surface area contributed by atoms with E-state index in [1.807, 2.05) is 0 Å². The maximum atomic E-state index is 9.03. The molecule has 0 aromatic carbocycles. The van der Waals surface area contributed by atoms with E-state index in [1.165, 1.54) is 37.0 Å². The fourth-order valence-corrected chi connectivity index (χ4v) is 3.53. The molecular weight excluding hydrogens is 244 g/mol. The van der Waals surface area contributed by atoms with Gasteiger partial charge in [0, 0.05) is 12.7 Å². The highest BCUT2D eigenvalue weighted by molar-refractivity contribution is 7.10. The van der Waals surface area contributed by atoms with Crippen molar-refractivity contribution < 1.29 is 0 Å². The van der Waals surface area contributed by atoms with E-state index in [4.69, 9.17) is 16.0 Å². The summed E-state index contributed by atoms with van der Waals surface area (Å²) in [4.78, 5) is 7.67. The number of nitrogens with two attached hydrogens (primary N) is 1. The molecule has 0 aliphatic carbocycles. The molecule has 0 saturated carbocycles. The van der Waals surface area contributed by atoms with Crippen molar-refractivity contribution in [2.24, 2.45) is 4.99 Å². The Morgan fingerprint density at radius 3 is 3.06 bits per heavy atom. The summed E-state index contributed by atoms with van der Waals surface area (Å²) in [7, 11) is 0. The van der Waals surface area contributed by atoms with Gasteiger partial charge >= 0.3 is 0 Å². The molecule has 1 aromatic rings. The Balaban J connectivity index is 2.08. The third kappa shape index (κ3) is 1.87. The molecule has 0 spiro atoms. The molecule has 5 heteroatoms. The fourth-order valence-electron chi connectivity index (χ4n) is 2.63. The van der Waals surface area contributed by atoms with Crippen LogP contribution in [0.5, 0.6) is 0 Å². The third-order valence-electron chi connectivity index (χ3n) is 3.64. The second-order valence-electron chi connectivity index (χ2n) is 4.86. The minimum absolute atomic E-state index is 0.252. The van der Waals surface area contributed by atoms with Crippen LogP contribution >= 0.6 is 11.3 Å². The predicted octanol–water partition coefficient (Wildman–Crippen LogP) is 1.17. The Bertz CT molecular complexity index is 610. The lowest BCUT2D eigenvalue weighted by molar-refractivity contribution is 0.258. The number of nitriles is 1. The molecule has 2 aliphatic heterocycles. The van der Waals surface area contributed by atoms with Crippen molar-refractivity contribution in [3.8, 4) is 6.07 Å². The summed E-state index contributed by atoms with van der Waals surface area (Å²) in [5.41, 5.74) is 6.60. The van der Waals surface area contributed by atoms with Gasteiger partial charge in [-0.25, -0.2) is 4.99 Å². The van der Waals surface area contributed by atoms with E-state index in [1.54, 1.807) is 0 Å². The maximum Gasteiger partial charge on any atom is 0.130 e. The first-order valence-electron chi connectivity index (χ1n) is 6.43. The first-order valence-corrected chi connectivity index (χ1v) is 7.25. The van der Waals surface area contributed by atoms with Crippen molar-refractivity contribution in [1.29, 1.82) is 5.26 Å². The SMILES string of the molecule is N#Cc1sc2c(c1N)=CN1CCCCCCC1N=2. The average molecular weight is 260 g/mol. The molecule has 1 saturated heterocycles. The lowest BCUT2D eigenvalue weighted by Gasteiger charge is -2.31.